The number of hydrogen-bond donors (Lipinski definition) is 2. The van der Waals surface area contributed by atoms with Gasteiger partial charge < -0.3 is 25.2 Å². The molecule has 0 aliphatic heterocycles. The van der Waals surface area contributed by atoms with Gasteiger partial charge in [-0.3, -0.25) is 9.48 Å². The van der Waals surface area contributed by atoms with Crippen LogP contribution in [0.3, 0.4) is 0 Å². The van der Waals surface area contributed by atoms with Crippen LogP contribution in [0.4, 0.5) is 27.4 Å². The Balaban J connectivity index is 1.71. The number of carbonyl (C=O) groups is 1. The first-order valence-corrected chi connectivity index (χ1v) is 12.9. The van der Waals surface area contributed by atoms with E-state index in [9.17, 15) is 9.18 Å². The highest BCUT2D eigenvalue weighted by Crippen LogP contribution is 2.38. The van der Waals surface area contributed by atoms with Crippen molar-refractivity contribution in [2.45, 2.75) is 19.9 Å². The number of anilines is 4. The van der Waals surface area contributed by atoms with Crippen LogP contribution in [0.25, 0.3) is 22.2 Å². The fraction of sp³-hybridized carbons (Fsp3) is 0.310. The third-order valence-corrected chi connectivity index (χ3v) is 6.41. The van der Waals surface area contributed by atoms with Gasteiger partial charge in [0.15, 0.2) is 0 Å². The molecule has 2 aromatic carbocycles. The molecule has 0 aliphatic rings. The van der Waals surface area contributed by atoms with Gasteiger partial charge >= 0.3 is 0 Å². The molecular weight excluding hydrogens is 511 g/mol. The standard InChI is InChI=1S/C29H35FN8O2/c1-8-28(39)33-23-15-24(27(40-7)16-26(23)37(6)12-11-36(4)5)35-29-31-10-9-22(34-29)19-13-21(30)20-17-32-38(18(2)3)25(20)14-19/h8-10,13-18H,1,11-12H2,2-7H3,(H,33,39)(H,31,34,35). The monoisotopic (exact) mass is 546 g/mol. The van der Waals surface area contributed by atoms with Gasteiger partial charge in [0.1, 0.15) is 11.6 Å². The minimum Gasteiger partial charge on any atom is -0.494 e. The summed E-state index contributed by atoms with van der Waals surface area (Å²) in [5.74, 6) is 0.106. The summed E-state index contributed by atoms with van der Waals surface area (Å²) in [7, 11) is 7.52. The second-order valence-corrected chi connectivity index (χ2v) is 9.95. The Kier molecular flexibility index (Phi) is 8.64. The summed E-state index contributed by atoms with van der Waals surface area (Å²) in [6.45, 7) is 9.10. The minimum atomic E-state index is -0.370. The number of carbonyl (C=O) groups excluding carboxylic acids is 1. The van der Waals surface area contributed by atoms with Gasteiger partial charge in [-0.2, -0.15) is 5.10 Å². The van der Waals surface area contributed by atoms with Crippen molar-refractivity contribution < 1.29 is 13.9 Å². The molecular formula is C29H35FN8O2. The zero-order chi connectivity index (χ0) is 29.0. The molecule has 210 valence electrons. The number of likely N-dealkylation sites (N-methyl/N-ethyl adjacent to an activating group) is 2. The predicted molar refractivity (Wildman–Crippen MR) is 158 cm³/mol. The number of ether oxygens (including phenoxy) is 1. The van der Waals surface area contributed by atoms with Crippen LogP contribution in [0.2, 0.25) is 0 Å². The van der Waals surface area contributed by atoms with Crippen molar-refractivity contribution in [3.05, 3.63) is 61.2 Å². The van der Waals surface area contributed by atoms with Crippen LogP contribution in [0.15, 0.2) is 55.4 Å². The first-order chi connectivity index (χ1) is 19.1. The van der Waals surface area contributed by atoms with E-state index in [1.165, 1.54) is 18.3 Å². The number of methoxy groups -OCH3 is 1. The Labute approximate surface area is 233 Å². The summed E-state index contributed by atoms with van der Waals surface area (Å²) in [6.07, 6.45) is 4.36. The molecule has 4 rings (SSSR count). The number of nitrogens with one attached hydrogen (secondary N) is 2. The summed E-state index contributed by atoms with van der Waals surface area (Å²) in [4.78, 5) is 25.4. The zero-order valence-corrected chi connectivity index (χ0v) is 23.7. The molecule has 0 atom stereocenters. The van der Waals surface area contributed by atoms with E-state index in [1.54, 1.807) is 30.1 Å². The van der Waals surface area contributed by atoms with Crippen LogP contribution in [0, 0.1) is 5.82 Å². The van der Waals surface area contributed by atoms with Gasteiger partial charge in [-0.1, -0.05) is 6.58 Å². The van der Waals surface area contributed by atoms with Gasteiger partial charge in [0.05, 0.1) is 47.0 Å². The predicted octanol–water partition coefficient (Wildman–Crippen LogP) is 5.09. The summed E-state index contributed by atoms with van der Waals surface area (Å²) in [6, 6.07) is 8.73. The highest BCUT2D eigenvalue weighted by atomic mass is 19.1. The van der Waals surface area contributed by atoms with Crippen LogP contribution in [0.5, 0.6) is 5.75 Å². The van der Waals surface area contributed by atoms with Gasteiger partial charge in [0.2, 0.25) is 11.9 Å². The van der Waals surface area contributed by atoms with Crippen molar-refractivity contribution >= 4 is 39.8 Å². The van der Waals surface area contributed by atoms with E-state index in [4.69, 9.17) is 4.74 Å². The Morgan fingerprint density at radius 3 is 2.62 bits per heavy atom. The average molecular weight is 547 g/mol. The Bertz CT molecular complexity index is 1530. The Hall–Kier alpha value is -4.51. The molecule has 0 radical (unpaired) electrons. The van der Waals surface area contributed by atoms with E-state index in [-0.39, 0.29) is 23.7 Å². The largest absolute Gasteiger partial charge is 0.494 e. The molecule has 0 spiro atoms. The topological polar surface area (TPSA) is 100 Å². The lowest BCUT2D eigenvalue weighted by molar-refractivity contribution is -0.111. The molecule has 1 amide bonds. The van der Waals surface area contributed by atoms with Crippen molar-refractivity contribution in [1.29, 1.82) is 0 Å². The van der Waals surface area contributed by atoms with Crippen LogP contribution in [-0.2, 0) is 4.79 Å². The van der Waals surface area contributed by atoms with Crippen molar-refractivity contribution in [2.75, 3.05) is 56.9 Å². The highest BCUT2D eigenvalue weighted by molar-refractivity contribution is 6.02. The molecule has 40 heavy (non-hydrogen) atoms. The number of hydrogen-bond acceptors (Lipinski definition) is 8. The molecule has 11 heteroatoms. The first kappa shape index (κ1) is 28.5. The number of fused-ring (bicyclic) bond motifs is 1. The maximum absolute atomic E-state index is 15.0. The maximum atomic E-state index is 15.0. The number of aromatic nitrogens is 4. The van der Waals surface area contributed by atoms with Crippen LogP contribution < -0.4 is 20.3 Å². The van der Waals surface area contributed by atoms with Crippen LogP contribution in [-0.4, -0.2) is 71.9 Å². The number of amides is 1. The normalized spacial score (nSPS) is 11.2. The average Bonchev–Trinajstić information content (AvgIpc) is 3.37. The number of nitrogens with zero attached hydrogens (tertiary/aromatic N) is 6. The van der Waals surface area contributed by atoms with E-state index in [2.05, 4.69) is 37.2 Å². The lowest BCUT2D eigenvalue weighted by Crippen LogP contribution is -2.29. The summed E-state index contributed by atoms with van der Waals surface area (Å²) in [5.41, 5.74) is 3.72. The van der Waals surface area contributed by atoms with Crippen LogP contribution in [0.1, 0.15) is 19.9 Å². The molecule has 2 N–H and O–H groups in total. The van der Waals surface area contributed by atoms with Gasteiger partial charge in [0.25, 0.3) is 0 Å². The van der Waals surface area contributed by atoms with E-state index < -0.39 is 0 Å². The molecule has 0 saturated carbocycles. The molecule has 0 unspecified atom stereocenters. The second kappa shape index (κ2) is 12.1. The molecule has 2 heterocycles. The Morgan fingerprint density at radius 2 is 1.95 bits per heavy atom. The minimum absolute atomic E-state index is 0.0721. The van der Waals surface area contributed by atoms with Crippen LogP contribution >= 0.6 is 0 Å². The highest BCUT2D eigenvalue weighted by Gasteiger charge is 2.18. The van der Waals surface area contributed by atoms with E-state index in [0.29, 0.717) is 39.3 Å². The fourth-order valence-corrected chi connectivity index (χ4v) is 4.27. The molecule has 0 aliphatic carbocycles. The fourth-order valence-electron chi connectivity index (χ4n) is 4.27. The lowest BCUT2D eigenvalue weighted by Gasteiger charge is -2.26. The molecule has 10 nitrogen and oxygen atoms in total. The van der Waals surface area contributed by atoms with Gasteiger partial charge in [-0.05, 0) is 58.3 Å². The Morgan fingerprint density at radius 1 is 1.18 bits per heavy atom. The second-order valence-electron chi connectivity index (χ2n) is 9.95. The number of rotatable bonds is 11. The van der Waals surface area contributed by atoms with Crippen molar-refractivity contribution in [2.24, 2.45) is 0 Å². The maximum Gasteiger partial charge on any atom is 0.247 e. The molecule has 4 aromatic rings. The SMILES string of the molecule is C=CC(=O)Nc1cc(Nc2nccc(-c3cc(F)c4cnn(C(C)C)c4c3)n2)c(OC)cc1N(C)CCN(C)C. The van der Waals surface area contributed by atoms with Crippen molar-refractivity contribution in [3.8, 4) is 17.0 Å². The quantitative estimate of drug-likeness (QED) is 0.251. The van der Waals surface area contributed by atoms with E-state index in [1.807, 2.05) is 52.0 Å². The summed E-state index contributed by atoms with van der Waals surface area (Å²) >= 11 is 0. The van der Waals surface area contributed by atoms with E-state index >= 15 is 0 Å². The van der Waals surface area contributed by atoms with Gasteiger partial charge in [-0.25, -0.2) is 14.4 Å². The van der Waals surface area contributed by atoms with Crippen molar-refractivity contribution in [3.63, 3.8) is 0 Å². The van der Waals surface area contributed by atoms with Gasteiger partial charge in [-0.15, -0.1) is 0 Å². The van der Waals surface area contributed by atoms with Crippen molar-refractivity contribution in [1.82, 2.24) is 24.6 Å². The summed E-state index contributed by atoms with van der Waals surface area (Å²) in [5, 5.41) is 10.9. The third-order valence-electron chi connectivity index (χ3n) is 6.41. The molecule has 0 fully saturated rings. The molecule has 2 aromatic heterocycles. The lowest BCUT2D eigenvalue weighted by atomic mass is 10.1. The first-order valence-electron chi connectivity index (χ1n) is 12.9. The summed E-state index contributed by atoms with van der Waals surface area (Å²) < 4.78 is 22.4. The smallest absolute Gasteiger partial charge is 0.247 e. The van der Waals surface area contributed by atoms with E-state index in [0.717, 1.165) is 18.8 Å². The molecule has 0 saturated heterocycles. The van der Waals surface area contributed by atoms with Gasteiger partial charge in [0, 0.05) is 44.0 Å². The number of benzene rings is 2. The molecule has 0 bridgehead atoms. The third kappa shape index (κ3) is 6.20. The zero-order valence-electron chi connectivity index (χ0n) is 23.7. The number of halogens is 1.